The number of thioether (sulfide) groups is 1. The van der Waals surface area contributed by atoms with Crippen LogP contribution in [0.3, 0.4) is 0 Å². The highest BCUT2D eigenvalue weighted by molar-refractivity contribution is 7.99. The summed E-state index contributed by atoms with van der Waals surface area (Å²) in [5, 5.41) is 12.7. The highest BCUT2D eigenvalue weighted by Crippen LogP contribution is 2.26. The Morgan fingerprint density at radius 2 is 1.94 bits per heavy atom. The number of aromatic nitrogens is 4. The summed E-state index contributed by atoms with van der Waals surface area (Å²) in [7, 11) is 0. The van der Waals surface area contributed by atoms with Crippen LogP contribution in [0.2, 0.25) is 0 Å². The molecule has 0 aliphatic heterocycles. The number of thiazole rings is 1. The number of hydrogen-bond acceptors (Lipinski definition) is 7. The summed E-state index contributed by atoms with van der Waals surface area (Å²) in [5.41, 5.74) is 0.921. The third kappa shape index (κ3) is 6.27. The summed E-state index contributed by atoms with van der Waals surface area (Å²) in [6.07, 6.45) is -0.388. The highest BCUT2D eigenvalue weighted by Gasteiger charge is 2.21. The van der Waals surface area contributed by atoms with Gasteiger partial charge in [0, 0.05) is 11.4 Å². The molecular formula is C21H26FN5O2S2. The lowest BCUT2D eigenvalue weighted by atomic mass is 10.2. The van der Waals surface area contributed by atoms with Crippen molar-refractivity contribution in [1.82, 2.24) is 19.7 Å². The number of amides is 1. The number of carbonyl (C=O) groups excluding carboxylic acids is 1. The molecule has 3 aromatic rings. The lowest BCUT2D eigenvalue weighted by Gasteiger charge is -2.17. The van der Waals surface area contributed by atoms with Crippen molar-refractivity contribution in [1.29, 1.82) is 0 Å². The standard InChI is InChI=1S/C21H26FN5O2S2/c1-12(2)10-27-19(14(4)29-17-8-6-16(22)7-9-17)25-26-21(27)30-11-18(28)24-20-23-13(3)15(5)31-20/h6-9,12,14H,10-11H2,1-5H3,(H,23,24,28). The van der Waals surface area contributed by atoms with Gasteiger partial charge in [0.2, 0.25) is 5.91 Å². The third-order valence-corrected chi connectivity index (χ3v) is 6.35. The maximum absolute atomic E-state index is 13.1. The molecule has 0 bridgehead atoms. The van der Waals surface area contributed by atoms with Crippen molar-refractivity contribution in [3.05, 3.63) is 46.5 Å². The lowest BCUT2D eigenvalue weighted by molar-refractivity contribution is -0.113. The van der Waals surface area contributed by atoms with E-state index in [4.69, 9.17) is 4.74 Å². The molecule has 0 saturated heterocycles. The quantitative estimate of drug-likeness (QED) is 0.449. The summed E-state index contributed by atoms with van der Waals surface area (Å²) < 4.78 is 21.0. The average molecular weight is 464 g/mol. The van der Waals surface area contributed by atoms with E-state index in [1.165, 1.54) is 35.2 Å². The average Bonchev–Trinajstić information content (AvgIpc) is 3.24. The molecule has 1 N–H and O–H groups in total. The number of nitrogens with one attached hydrogen (secondary N) is 1. The minimum absolute atomic E-state index is 0.144. The molecule has 3 rings (SSSR count). The van der Waals surface area contributed by atoms with Crippen LogP contribution in [0.5, 0.6) is 5.75 Å². The Labute approximate surface area is 189 Å². The van der Waals surface area contributed by atoms with Crippen LogP contribution in [-0.2, 0) is 11.3 Å². The molecule has 0 aliphatic carbocycles. The summed E-state index contributed by atoms with van der Waals surface area (Å²) >= 11 is 2.78. The van der Waals surface area contributed by atoms with Gasteiger partial charge >= 0.3 is 0 Å². The molecule has 0 saturated carbocycles. The van der Waals surface area contributed by atoms with Crippen molar-refractivity contribution in [2.45, 2.75) is 52.4 Å². The van der Waals surface area contributed by atoms with E-state index in [1.807, 2.05) is 25.3 Å². The van der Waals surface area contributed by atoms with Gasteiger partial charge in [0.15, 0.2) is 22.2 Å². The zero-order chi connectivity index (χ0) is 22.5. The molecule has 1 unspecified atom stereocenters. The predicted octanol–water partition coefficient (Wildman–Crippen LogP) is 5.02. The molecule has 0 aliphatic rings. The second-order valence-corrected chi connectivity index (χ2v) is 9.70. The number of carbonyl (C=O) groups is 1. The Bertz CT molecular complexity index is 1010. The highest BCUT2D eigenvalue weighted by atomic mass is 32.2. The van der Waals surface area contributed by atoms with Crippen molar-refractivity contribution in [2.75, 3.05) is 11.1 Å². The van der Waals surface area contributed by atoms with Crippen LogP contribution >= 0.6 is 23.1 Å². The molecule has 1 aromatic carbocycles. The van der Waals surface area contributed by atoms with E-state index in [0.717, 1.165) is 10.6 Å². The van der Waals surface area contributed by atoms with Crippen LogP contribution in [0.1, 0.15) is 43.3 Å². The van der Waals surface area contributed by atoms with E-state index in [-0.39, 0.29) is 23.6 Å². The van der Waals surface area contributed by atoms with Gasteiger partial charge in [-0.25, -0.2) is 9.37 Å². The van der Waals surface area contributed by atoms with Crippen molar-refractivity contribution >= 4 is 34.1 Å². The molecule has 1 amide bonds. The Hall–Kier alpha value is -2.46. The van der Waals surface area contributed by atoms with Crippen molar-refractivity contribution in [3.63, 3.8) is 0 Å². The first-order valence-electron chi connectivity index (χ1n) is 9.95. The van der Waals surface area contributed by atoms with Crippen molar-refractivity contribution < 1.29 is 13.9 Å². The van der Waals surface area contributed by atoms with E-state index in [2.05, 4.69) is 34.3 Å². The maximum Gasteiger partial charge on any atom is 0.236 e. The topological polar surface area (TPSA) is 81.9 Å². The summed E-state index contributed by atoms with van der Waals surface area (Å²) in [4.78, 5) is 17.8. The first-order chi connectivity index (χ1) is 14.7. The Morgan fingerprint density at radius 3 is 2.55 bits per heavy atom. The lowest BCUT2D eigenvalue weighted by Crippen LogP contribution is -2.17. The zero-order valence-corrected chi connectivity index (χ0v) is 19.8. The largest absolute Gasteiger partial charge is 0.483 e. The van der Waals surface area contributed by atoms with Crippen LogP contribution in [0.4, 0.5) is 9.52 Å². The first-order valence-corrected chi connectivity index (χ1v) is 11.7. The smallest absolute Gasteiger partial charge is 0.236 e. The van der Waals surface area contributed by atoms with Crippen LogP contribution in [0, 0.1) is 25.6 Å². The SMILES string of the molecule is Cc1nc(NC(=O)CSc2nnc(C(C)Oc3ccc(F)cc3)n2CC(C)C)sc1C. The predicted molar refractivity (Wildman–Crippen MR) is 121 cm³/mol. The zero-order valence-electron chi connectivity index (χ0n) is 18.2. The van der Waals surface area contributed by atoms with Crippen LogP contribution in [0.25, 0.3) is 0 Å². The fourth-order valence-electron chi connectivity index (χ4n) is 2.83. The second kappa shape index (κ2) is 10.2. The third-order valence-electron chi connectivity index (χ3n) is 4.39. The number of ether oxygens (including phenoxy) is 1. The van der Waals surface area contributed by atoms with Gasteiger partial charge < -0.3 is 14.6 Å². The normalized spacial score (nSPS) is 12.2. The number of hydrogen-bond donors (Lipinski definition) is 1. The summed E-state index contributed by atoms with van der Waals surface area (Å²) in [6, 6.07) is 5.87. The van der Waals surface area contributed by atoms with Gasteiger partial charge in [0.1, 0.15) is 11.6 Å². The number of halogens is 1. The summed E-state index contributed by atoms with van der Waals surface area (Å²) in [6.45, 7) is 10.7. The monoisotopic (exact) mass is 463 g/mol. The Balaban J connectivity index is 1.69. The van der Waals surface area contributed by atoms with Crippen molar-refractivity contribution in [3.8, 4) is 5.75 Å². The molecule has 0 radical (unpaired) electrons. The van der Waals surface area contributed by atoms with Crippen LogP contribution < -0.4 is 10.1 Å². The molecular weight excluding hydrogens is 437 g/mol. The van der Waals surface area contributed by atoms with Crippen molar-refractivity contribution in [2.24, 2.45) is 5.92 Å². The number of anilines is 1. The fraction of sp³-hybridized carbons (Fsp3) is 0.429. The van der Waals surface area contributed by atoms with E-state index in [9.17, 15) is 9.18 Å². The molecule has 166 valence electrons. The molecule has 2 aromatic heterocycles. The molecule has 0 spiro atoms. The number of aryl methyl sites for hydroxylation is 2. The van der Waals surface area contributed by atoms with Gasteiger partial charge in [-0.15, -0.1) is 21.5 Å². The molecule has 31 heavy (non-hydrogen) atoms. The van der Waals surface area contributed by atoms with Gasteiger partial charge in [-0.2, -0.15) is 0 Å². The number of rotatable bonds is 9. The fourth-order valence-corrected chi connectivity index (χ4v) is 4.41. The Morgan fingerprint density at radius 1 is 1.23 bits per heavy atom. The van der Waals surface area contributed by atoms with Gasteiger partial charge in [-0.3, -0.25) is 4.79 Å². The van der Waals surface area contributed by atoms with Gasteiger partial charge in [0.05, 0.1) is 11.4 Å². The number of benzene rings is 1. The maximum atomic E-state index is 13.1. The van der Waals surface area contributed by atoms with Crippen LogP contribution in [-0.4, -0.2) is 31.4 Å². The minimum Gasteiger partial charge on any atom is -0.483 e. The van der Waals surface area contributed by atoms with Gasteiger partial charge in [-0.05, 0) is 51.0 Å². The van der Waals surface area contributed by atoms with E-state index >= 15 is 0 Å². The molecule has 1 atom stereocenters. The second-order valence-electron chi connectivity index (χ2n) is 7.56. The molecule has 10 heteroatoms. The summed E-state index contributed by atoms with van der Waals surface area (Å²) in [5.74, 6) is 1.30. The minimum atomic E-state index is -0.388. The molecule has 7 nitrogen and oxygen atoms in total. The molecule has 2 heterocycles. The van der Waals surface area contributed by atoms with E-state index in [1.54, 1.807) is 12.1 Å². The van der Waals surface area contributed by atoms with Crippen LogP contribution in [0.15, 0.2) is 29.4 Å². The first kappa shape index (κ1) is 23.2. The van der Waals surface area contributed by atoms with Gasteiger partial charge in [-0.1, -0.05) is 25.6 Å². The van der Waals surface area contributed by atoms with E-state index in [0.29, 0.717) is 34.3 Å². The molecule has 0 fully saturated rings. The van der Waals surface area contributed by atoms with Gasteiger partial charge in [0.25, 0.3) is 0 Å². The van der Waals surface area contributed by atoms with E-state index < -0.39 is 0 Å². The number of nitrogens with zero attached hydrogens (tertiary/aromatic N) is 4. The Kier molecular flexibility index (Phi) is 7.66.